The Morgan fingerprint density at radius 2 is 2.33 bits per heavy atom. The van der Waals surface area contributed by atoms with Gasteiger partial charge in [-0.25, -0.2) is 0 Å². The average Bonchev–Trinajstić information content (AvgIpc) is 2.79. The number of allylic oxidation sites excluding steroid dienone is 5. The minimum Gasteiger partial charge on any atom is -0.268 e. The SMILES string of the molecule is C=C(c1cnn(CC2=CC=CCC2C)c1)C(C)C. The molecule has 2 rings (SSSR count). The molecule has 0 aromatic carbocycles. The lowest BCUT2D eigenvalue weighted by molar-refractivity contribution is 0.579. The van der Waals surface area contributed by atoms with Gasteiger partial charge in [0.2, 0.25) is 0 Å². The van der Waals surface area contributed by atoms with E-state index in [1.54, 1.807) is 0 Å². The predicted octanol–water partition coefficient (Wildman–Crippen LogP) is 4.07. The molecule has 0 fully saturated rings. The quantitative estimate of drug-likeness (QED) is 0.778. The summed E-state index contributed by atoms with van der Waals surface area (Å²) in [6.45, 7) is 11.6. The van der Waals surface area contributed by atoms with Crippen LogP contribution in [0.5, 0.6) is 0 Å². The lowest BCUT2D eigenvalue weighted by atomic mass is 9.93. The molecule has 1 heterocycles. The molecule has 0 amide bonds. The molecule has 0 radical (unpaired) electrons. The standard InChI is InChI=1S/C16H22N2/c1-12(2)14(4)16-9-17-18(11-16)10-15-8-6-5-7-13(15)3/h5-6,8-9,11-13H,4,7,10H2,1-3H3. The van der Waals surface area contributed by atoms with Gasteiger partial charge in [0, 0.05) is 11.8 Å². The Bertz CT molecular complexity index is 489. The molecule has 1 unspecified atom stereocenters. The molecule has 1 aliphatic rings. The van der Waals surface area contributed by atoms with Crippen molar-refractivity contribution in [1.82, 2.24) is 9.78 Å². The molecule has 1 atom stereocenters. The number of hydrogen-bond acceptors (Lipinski definition) is 1. The summed E-state index contributed by atoms with van der Waals surface area (Å²) in [4.78, 5) is 0. The zero-order valence-electron chi connectivity index (χ0n) is 11.6. The molecular weight excluding hydrogens is 220 g/mol. The van der Waals surface area contributed by atoms with Crippen molar-refractivity contribution in [2.75, 3.05) is 0 Å². The minimum absolute atomic E-state index is 0.471. The van der Waals surface area contributed by atoms with Crippen LogP contribution in [-0.4, -0.2) is 9.78 Å². The molecule has 0 N–H and O–H groups in total. The van der Waals surface area contributed by atoms with Gasteiger partial charge in [-0.3, -0.25) is 4.68 Å². The number of hydrogen-bond donors (Lipinski definition) is 0. The van der Waals surface area contributed by atoms with Crippen LogP contribution in [0.15, 0.2) is 42.8 Å². The van der Waals surface area contributed by atoms with Gasteiger partial charge in [0.1, 0.15) is 0 Å². The average molecular weight is 242 g/mol. The summed E-state index contributed by atoms with van der Waals surface area (Å²) in [6, 6.07) is 0. The van der Waals surface area contributed by atoms with Gasteiger partial charge in [-0.2, -0.15) is 5.10 Å². The third-order valence-electron chi connectivity index (χ3n) is 3.61. The highest BCUT2D eigenvalue weighted by Crippen LogP contribution is 2.23. The molecule has 0 saturated heterocycles. The third-order valence-corrected chi connectivity index (χ3v) is 3.61. The Morgan fingerprint density at radius 1 is 1.56 bits per heavy atom. The summed E-state index contributed by atoms with van der Waals surface area (Å²) in [5, 5.41) is 4.44. The van der Waals surface area contributed by atoms with Gasteiger partial charge in [0.05, 0.1) is 12.7 Å². The van der Waals surface area contributed by atoms with Crippen molar-refractivity contribution in [3.05, 3.63) is 48.3 Å². The molecule has 1 aromatic rings. The summed E-state index contributed by atoms with van der Waals surface area (Å²) in [5.41, 5.74) is 3.76. The molecule has 0 bridgehead atoms. The monoisotopic (exact) mass is 242 g/mol. The van der Waals surface area contributed by atoms with Gasteiger partial charge in [-0.05, 0) is 29.4 Å². The number of nitrogens with zero attached hydrogens (tertiary/aromatic N) is 2. The molecular formula is C16H22N2. The molecule has 18 heavy (non-hydrogen) atoms. The highest BCUT2D eigenvalue weighted by atomic mass is 15.3. The van der Waals surface area contributed by atoms with E-state index in [0.29, 0.717) is 11.8 Å². The van der Waals surface area contributed by atoms with Gasteiger partial charge < -0.3 is 0 Å². The van der Waals surface area contributed by atoms with E-state index in [2.05, 4.69) is 56.9 Å². The Kier molecular flexibility index (Phi) is 3.85. The Hall–Kier alpha value is -1.57. The van der Waals surface area contributed by atoms with Crippen LogP contribution in [0.1, 0.15) is 32.8 Å². The molecule has 0 aliphatic heterocycles. The summed E-state index contributed by atoms with van der Waals surface area (Å²) in [5.74, 6) is 1.09. The first kappa shape index (κ1) is 12.9. The fourth-order valence-corrected chi connectivity index (χ4v) is 2.13. The van der Waals surface area contributed by atoms with Crippen LogP contribution >= 0.6 is 0 Å². The molecule has 96 valence electrons. The van der Waals surface area contributed by atoms with Crippen molar-refractivity contribution in [3.63, 3.8) is 0 Å². The van der Waals surface area contributed by atoms with E-state index in [-0.39, 0.29) is 0 Å². The summed E-state index contributed by atoms with van der Waals surface area (Å²) < 4.78 is 2.02. The number of aromatic nitrogens is 2. The van der Waals surface area contributed by atoms with E-state index >= 15 is 0 Å². The van der Waals surface area contributed by atoms with Gasteiger partial charge >= 0.3 is 0 Å². The Labute approximate surface area is 110 Å². The molecule has 2 heteroatoms. The van der Waals surface area contributed by atoms with Gasteiger partial charge in [0.25, 0.3) is 0 Å². The largest absolute Gasteiger partial charge is 0.268 e. The second-order valence-electron chi connectivity index (χ2n) is 5.41. The Morgan fingerprint density at radius 3 is 3.00 bits per heavy atom. The summed E-state index contributed by atoms with van der Waals surface area (Å²) in [6.07, 6.45) is 11.8. The fourth-order valence-electron chi connectivity index (χ4n) is 2.13. The maximum absolute atomic E-state index is 4.44. The van der Waals surface area contributed by atoms with Crippen molar-refractivity contribution in [2.24, 2.45) is 11.8 Å². The van der Waals surface area contributed by atoms with Crippen molar-refractivity contribution in [3.8, 4) is 0 Å². The van der Waals surface area contributed by atoms with E-state index in [1.807, 2.05) is 10.9 Å². The van der Waals surface area contributed by atoms with Crippen LogP contribution in [-0.2, 0) is 6.54 Å². The first-order valence-corrected chi connectivity index (χ1v) is 6.65. The van der Waals surface area contributed by atoms with Crippen molar-refractivity contribution in [2.45, 2.75) is 33.7 Å². The fraction of sp³-hybridized carbons (Fsp3) is 0.438. The van der Waals surface area contributed by atoms with Gasteiger partial charge in [-0.15, -0.1) is 0 Å². The summed E-state index contributed by atoms with van der Waals surface area (Å²) >= 11 is 0. The lowest BCUT2D eigenvalue weighted by Crippen LogP contribution is -2.09. The number of rotatable bonds is 4. The maximum Gasteiger partial charge on any atom is 0.0625 e. The maximum atomic E-state index is 4.44. The van der Waals surface area contributed by atoms with Gasteiger partial charge in [-0.1, -0.05) is 45.6 Å². The van der Waals surface area contributed by atoms with E-state index in [4.69, 9.17) is 0 Å². The van der Waals surface area contributed by atoms with Crippen LogP contribution in [0.25, 0.3) is 5.57 Å². The molecule has 0 saturated carbocycles. The zero-order valence-corrected chi connectivity index (χ0v) is 11.6. The molecule has 0 spiro atoms. The topological polar surface area (TPSA) is 17.8 Å². The third kappa shape index (κ3) is 2.81. The highest BCUT2D eigenvalue weighted by molar-refractivity contribution is 5.63. The van der Waals surface area contributed by atoms with E-state index < -0.39 is 0 Å². The molecule has 1 aromatic heterocycles. The first-order chi connectivity index (χ1) is 8.58. The second kappa shape index (κ2) is 5.38. The second-order valence-corrected chi connectivity index (χ2v) is 5.41. The van der Waals surface area contributed by atoms with Crippen molar-refractivity contribution >= 4 is 5.57 Å². The van der Waals surface area contributed by atoms with Crippen LogP contribution in [0, 0.1) is 11.8 Å². The first-order valence-electron chi connectivity index (χ1n) is 6.65. The predicted molar refractivity (Wildman–Crippen MR) is 77.1 cm³/mol. The molecule has 1 aliphatic carbocycles. The van der Waals surface area contributed by atoms with Crippen LogP contribution in [0.3, 0.4) is 0 Å². The van der Waals surface area contributed by atoms with Crippen molar-refractivity contribution < 1.29 is 0 Å². The van der Waals surface area contributed by atoms with Crippen LogP contribution < -0.4 is 0 Å². The van der Waals surface area contributed by atoms with E-state index in [0.717, 1.165) is 24.1 Å². The highest BCUT2D eigenvalue weighted by Gasteiger charge is 2.12. The Balaban J connectivity index is 2.09. The van der Waals surface area contributed by atoms with Crippen LogP contribution in [0.2, 0.25) is 0 Å². The lowest BCUT2D eigenvalue weighted by Gasteiger charge is -2.17. The van der Waals surface area contributed by atoms with Crippen molar-refractivity contribution in [1.29, 1.82) is 0 Å². The minimum atomic E-state index is 0.471. The summed E-state index contributed by atoms with van der Waals surface area (Å²) in [7, 11) is 0. The zero-order chi connectivity index (χ0) is 13.1. The normalized spacial score (nSPS) is 19.1. The van der Waals surface area contributed by atoms with Gasteiger partial charge in [0.15, 0.2) is 0 Å². The smallest absolute Gasteiger partial charge is 0.0625 e. The van der Waals surface area contributed by atoms with Crippen LogP contribution in [0.4, 0.5) is 0 Å². The van der Waals surface area contributed by atoms with E-state index in [9.17, 15) is 0 Å². The van der Waals surface area contributed by atoms with E-state index in [1.165, 1.54) is 5.57 Å². The molecule has 2 nitrogen and oxygen atoms in total.